The highest BCUT2D eigenvalue weighted by molar-refractivity contribution is 5.96. The van der Waals surface area contributed by atoms with E-state index in [-0.39, 0.29) is 22.3 Å². The molecule has 0 atom stereocenters. The van der Waals surface area contributed by atoms with E-state index in [1.54, 1.807) is 72.8 Å². The van der Waals surface area contributed by atoms with Crippen molar-refractivity contribution in [1.29, 1.82) is 0 Å². The van der Waals surface area contributed by atoms with Gasteiger partial charge in [-0.15, -0.1) is 0 Å². The molecule has 0 saturated heterocycles. The van der Waals surface area contributed by atoms with Gasteiger partial charge in [-0.2, -0.15) is 0 Å². The van der Waals surface area contributed by atoms with Crippen molar-refractivity contribution >= 4 is 35.3 Å². The summed E-state index contributed by atoms with van der Waals surface area (Å²) in [4.78, 5) is 46.1. The molecule has 6 rings (SSSR count). The monoisotopic (exact) mass is 680 g/mol. The molecule has 252 valence electrons. The topological polar surface area (TPSA) is 210 Å². The number of nitrogen functional groups attached to an aromatic ring is 2. The van der Waals surface area contributed by atoms with Crippen LogP contribution >= 0.6 is 0 Å². The summed E-state index contributed by atoms with van der Waals surface area (Å²) in [6, 6.07) is 31.4. The van der Waals surface area contributed by atoms with Crippen LogP contribution in [-0.2, 0) is 0 Å². The summed E-state index contributed by atoms with van der Waals surface area (Å²) in [6.07, 6.45) is 0. The van der Waals surface area contributed by atoms with E-state index in [1.807, 2.05) is 0 Å². The van der Waals surface area contributed by atoms with E-state index >= 15 is 0 Å². The second-order valence-electron chi connectivity index (χ2n) is 11.5. The first-order valence-corrected chi connectivity index (χ1v) is 15.3. The normalized spacial score (nSPS) is 10.7. The molecule has 0 aliphatic carbocycles. The lowest BCUT2D eigenvalue weighted by atomic mass is 9.94. The fraction of sp³-hybridized carbons (Fsp3) is 0. The molecule has 11 nitrogen and oxygen atoms in total. The van der Waals surface area contributed by atoms with E-state index in [0.717, 1.165) is 0 Å². The van der Waals surface area contributed by atoms with Gasteiger partial charge >= 0.3 is 23.9 Å². The summed E-state index contributed by atoms with van der Waals surface area (Å²) in [6.45, 7) is 0. The summed E-state index contributed by atoms with van der Waals surface area (Å²) >= 11 is 0. The molecular weight excluding hydrogens is 652 g/mol. The third kappa shape index (κ3) is 6.94. The van der Waals surface area contributed by atoms with Gasteiger partial charge in [0, 0.05) is 33.6 Å². The van der Waals surface area contributed by atoms with Crippen molar-refractivity contribution < 1.29 is 44.3 Å². The molecule has 0 heterocycles. The molecule has 0 aromatic heterocycles. The van der Waals surface area contributed by atoms with Crippen molar-refractivity contribution in [2.75, 3.05) is 11.5 Å². The molecule has 0 aliphatic heterocycles. The second kappa shape index (κ2) is 13.6. The highest BCUT2D eigenvalue weighted by atomic mass is 16.5. The summed E-state index contributed by atoms with van der Waals surface area (Å²) in [7, 11) is 0. The minimum atomic E-state index is -1.09. The Hall–Kier alpha value is -7.40. The van der Waals surface area contributed by atoms with Crippen LogP contribution in [0.25, 0.3) is 44.5 Å². The second-order valence-corrected chi connectivity index (χ2v) is 11.5. The van der Waals surface area contributed by atoms with Gasteiger partial charge in [-0.3, -0.25) is 0 Å². The molecule has 0 amide bonds. The molecule has 0 aliphatic rings. The number of aromatic carboxylic acids is 4. The lowest BCUT2D eigenvalue weighted by molar-refractivity contribution is 0.0686. The zero-order valence-electron chi connectivity index (χ0n) is 26.5. The number of carboxylic acid groups (broad SMARTS) is 4. The lowest BCUT2D eigenvalue weighted by Gasteiger charge is -2.18. The molecule has 0 saturated carbocycles. The van der Waals surface area contributed by atoms with Crippen LogP contribution in [0.1, 0.15) is 41.4 Å². The molecule has 6 aromatic rings. The van der Waals surface area contributed by atoms with Crippen LogP contribution in [0.5, 0.6) is 11.5 Å². The average molecular weight is 681 g/mol. The Morgan fingerprint density at radius 1 is 0.373 bits per heavy atom. The minimum absolute atomic E-state index is 0.0870. The fourth-order valence-corrected chi connectivity index (χ4v) is 5.63. The molecule has 11 heteroatoms. The highest BCUT2D eigenvalue weighted by Crippen LogP contribution is 2.43. The Bertz CT molecular complexity index is 2010. The van der Waals surface area contributed by atoms with E-state index in [0.29, 0.717) is 67.4 Å². The van der Waals surface area contributed by atoms with Crippen LogP contribution in [0.15, 0.2) is 121 Å². The molecule has 6 aromatic carbocycles. The predicted molar refractivity (Wildman–Crippen MR) is 191 cm³/mol. The minimum Gasteiger partial charge on any atom is -0.478 e. The van der Waals surface area contributed by atoms with Crippen LogP contribution in [0.3, 0.4) is 0 Å². The molecule has 0 bridgehead atoms. The van der Waals surface area contributed by atoms with Crippen LogP contribution in [0.4, 0.5) is 11.4 Å². The first-order chi connectivity index (χ1) is 24.4. The van der Waals surface area contributed by atoms with Gasteiger partial charge in [-0.25, -0.2) is 19.2 Å². The van der Waals surface area contributed by atoms with Crippen molar-refractivity contribution in [2.45, 2.75) is 0 Å². The summed E-state index contributed by atoms with van der Waals surface area (Å²) in [5.74, 6) is -3.70. The largest absolute Gasteiger partial charge is 0.478 e. The fourth-order valence-electron chi connectivity index (χ4n) is 5.63. The number of hydrogen-bond acceptors (Lipinski definition) is 7. The molecule has 8 N–H and O–H groups in total. The highest BCUT2D eigenvalue weighted by Gasteiger charge is 2.18. The van der Waals surface area contributed by atoms with Crippen LogP contribution in [-0.4, -0.2) is 44.3 Å². The van der Waals surface area contributed by atoms with Gasteiger partial charge in [-0.1, -0.05) is 48.5 Å². The number of benzene rings is 6. The van der Waals surface area contributed by atoms with Crippen LogP contribution in [0, 0.1) is 0 Å². The Morgan fingerprint density at radius 3 is 0.745 bits per heavy atom. The van der Waals surface area contributed by atoms with Gasteiger partial charge in [0.15, 0.2) is 0 Å². The van der Waals surface area contributed by atoms with Gasteiger partial charge in [-0.05, 0) is 95.1 Å². The number of nitrogens with two attached hydrogens (primary N) is 2. The third-order valence-electron chi connectivity index (χ3n) is 8.31. The number of hydrogen-bond donors (Lipinski definition) is 6. The van der Waals surface area contributed by atoms with Gasteiger partial charge in [0.2, 0.25) is 0 Å². The zero-order valence-corrected chi connectivity index (χ0v) is 26.5. The Kier molecular flexibility index (Phi) is 8.94. The smallest absolute Gasteiger partial charge is 0.335 e. The average Bonchev–Trinajstić information content (AvgIpc) is 3.13. The van der Waals surface area contributed by atoms with Gasteiger partial charge in [0.25, 0.3) is 0 Å². The maximum atomic E-state index is 11.5. The van der Waals surface area contributed by atoms with E-state index in [4.69, 9.17) is 16.2 Å². The maximum Gasteiger partial charge on any atom is 0.335 e. The lowest BCUT2D eigenvalue weighted by Crippen LogP contribution is -2.00. The number of carbonyl (C=O) groups is 4. The SMILES string of the molecule is Nc1c(-c2ccc(C(=O)O)cc2)cc(Oc2cc(-c3ccc(C(=O)O)cc3)c(N)c(-c3ccc(C(=O)O)cc3)c2)cc1-c1ccc(C(=O)O)cc1. The number of ether oxygens (including phenoxy) is 1. The summed E-state index contributed by atoms with van der Waals surface area (Å²) in [5.41, 5.74) is 18.9. The van der Waals surface area contributed by atoms with Gasteiger partial charge in [0.05, 0.1) is 22.3 Å². The Balaban J connectivity index is 1.52. The van der Waals surface area contributed by atoms with Crippen molar-refractivity contribution in [3.05, 3.63) is 144 Å². The van der Waals surface area contributed by atoms with Crippen molar-refractivity contribution in [2.24, 2.45) is 0 Å². The Morgan fingerprint density at radius 2 is 0.569 bits per heavy atom. The van der Waals surface area contributed by atoms with Crippen molar-refractivity contribution in [3.63, 3.8) is 0 Å². The molecule has 51 heavy (non-hydrogen) atoms. The molecule has 0 unspecified atom stereocenters. The van der Waals surface area contributed by atoms with Crippen molar-refractivity contribution in [3.8, 4) is 56.0 Å². The number of carboxylic acids is 4. The van der Waals surface area contributed by atoms with Gasteiger partial charge < -0.3 is 36.6 Å². The van der Waals surface area contributed by atoms with Crippen LogP contribution in [0.2, 0.25) is 0 Å². The van der Waals surface area contributed by atoms with E-state index in [9.17, 15) is 39.6 Å². The molecular formula is C40H28N2O9. The first-order valence-electron chi connectivity index (χ1n) is 15.3. The van der Waals surface area contributed by atoms with E-state index in [1.165, 1.54) is 48.5 Å². The standard InChI is InChI=1S/C40H28N2O9/c41-35-31(21-1-9-25(10-2-21)37(43)44)17-29(18-32(35)22-3-11-26(12-4-22)38(45)46)51-30-19-33(23-5-13-27(14-6-23)39(47)48)36(42)34(20-30)24-7-15-28(16-8-24)40(49)50/h1-20H,41-42H2,(H,43,44)(H,45,46)(H,47,48)(H,49,50). The maximum absolute atomic E-state index is 11.5. The third-order valence-corrected chi connectivity index (χ3v) is 8.31. The summed E-state index contributed by atoms with van der Waals surface area (Å²) < 4.78 is 6.50. The molecule has 0 radical (unpaired) electrons. The molecule has 0 spiro atoms. The quantitative estimate of drug-likeness (QED) is 0.0761. The number of anilines is 2. The van der Waals surface area contributed by atoms with Crippen LogP contribution < -0.4 is 16.2 Å². The van der Waals surface area contributed by atoms with E-state index in [2.05, 4.69) is 0 Å². The summed E-state index contributed by atoms with van der Waals surface area (Å²) in [5, 5.41) is 37.7. The molecule has 0 fully saturated rings. The first kappa shape index (κ1) is 33.5. The predicted octanol–water partition coefficient (Wildman–Crippen LogP) is 8.10. The Labute approximate surface area is 290 Å². The number of rotatable bonds is 10. The van der Waals surface area contributed by atoms with Gasteiger partial charge in [0.1, 0.15) is 11.5 Å². The van der Waals surface area contributed by atoms with Crippen molar-refractivity contribution in [1.82, 2.24) is 0 Å². The zero-order chi connectivity index (χ0) is 36.4. The van der Waals surface area contributed by atoms with E-state index < -0.39 is 23.9 Å².